The monoisotopic (exact) mass is 517 g/mol. The topological polar surface area (TPSA) is 72.5 Å². The van der Waals surface area contributed by atoms with Crippen LogP contribution in [0.4, 0.5) is 0 Å². The molecule has 154 valence electrons. The van der Waals surface area contributed by atoms with Crippen LogP contribution in [0, 0.1) is 0 Å². The molecule has 1 aliphatic rings. The fraction of sp³-hybridized carbons (Fsp3) is 0.500. The zero-order valence-corrected chi connectivity index (χ0v) is 19.3. The number of H-pyrrole nitrogens is 1. The van der Waals surface area contributed by atoms with Crippen LogP contribution in [-0.2, 0) is 11.2 Å². The molecule has 28 heavy (non-hydrogen) atoms. The Bertz CT molecular complexity index is 807. The number of hydrogen-bond donors (Lipinski definition) is 3. The van der Waals surface area contributed by atoms with Gasteiger partial charge >= 0.3 is 0 Å². The smallest absolute Gasteiger partial charge is 0.222 e. The number of guanidine groups is 1. The number of hydrogen-bond acceptors (Lipinski definition) is 2. The van der Waals surface area contributed by atoms with Crippen molar-refractivity contribution in [3.63, 3.8) is 0 Å². The zero-order valence-electron chi connectivity index (χ0n) is 16.3. The van der Waals surface area contributed by atoms with E-state index in [0.29, 0.717) is 13.0 Å². The Labute approximate surface area is 188 Å². The van der Waals surface area contributed by atoms with Crippen molar-refractivity contribution >= 4 is 58.3 Å². The minimum absolute atomic E-state index is 0. The van der Waals surface area contributed by atoms with Gasteiger partial charge in [0.1, 0.15) is 0 Å². The van der Waals surface area contributed by atoms with E-state index >= 15 is 0 Å². The number of carbonyl (C=O) groups is 1. The van der Waals surface area contributed by atoms with Crippen molar-refractivity contribution in [3.8, 4) is 0 Å². The summed E-state index contributed by atoms with van der Waals surface area (Å²) in [5, 5.41) is 8.58. The van der Waals surface area contributed by atoms with Crippen molar-refractivity contribution in [1.29, 1.82) is 0 Å². The molecule has 2 aromatic rings. The molecule has 0 unspecified atom stereocenters. The van der Waals surface area contributed by atoms with E-state index in [4.69, 9.17) is 11.6 Å². The number of carbonyl (C=O) groups excluding carboxylic acids is 1. The lowest BCUT2D eigenvalue weighted by atomic mass is 10.1. The summed E-state index contributed by atoms with van der Waals surface area (Å²) in [5.74, 6) is 1.10. The lowest BCUT2D eigenvalue weighted by molar-refractivity contribution is -0.127. The third kappa shape index (κ3) is 6.27. The van der Waals surface area contributed by atoms with Gasteiger partial charge in [0.15, 0.2) is 5.96 Å². The Balaban J connectivity index is 0.00000280. The first kappa shape index (κ1) is 22.8. The van der Waals surface area contributed by atoms with Crippen LogP contribution in [0.3, 0.4) is 0 Å². The number of rotatable bonds is 8. The highest BCUT2D eigenvalue weighted by Crippen LogP contribution is 2.22. The molecule has 0 saturated carbocycles. The van der Waals surface area contributed by atoms with Gasteiger partial charge in [-0.2, -0.15) is 0 Å². The molecule has 0 bridgehead atoms. The van der Waals surface area contributed by atoms with Crippen LogP contribution in [0.15, 0.2) is 29.4 Å². The maximum absolute atomic E-state index is 11.6. The quantitative estimate of drug-likeness (QED) is 0.217. The highest BCUT2D eigenvalue weighted by Gasteiger charge is 2.18. The lowest BCUT2D eigenvalue weighted by Crippen LogP contribution is -2.38. The number of aromatic nitrogens is 1. The van der Waals surface area contributed by atoms with E-state index in [-0.39, 0.29) is 29.9 Å². The molecular weight excluding hydrogens is 489 g/mol. The standard InChI is InChI=1S/C20H28ClN5O.HI/c1-2-22-20(23-9-4-12-26-11-3-5-19(26)27)24-10-8-15-14-25-18-7-6-16(21)13-17(15)18;/h6-7,13-14,25H,2-5,8-12H2,1H3,(H2,22,23,24);1H. The van der Waals surface area contributed by atoms with Crippen LogP contribution in [0.1, 0.15) is 31.7 Å². The first-order valence-electron chi connectivity index (χ1n) is 9.73. The maximum atomic E-state index is 11.6. The van der Waals surface area contributed by atoms with Gasteiger partial charge in [0.25, 0.3) is 0 Å². The molecule has 0 spiro atoms. The number of aromatic amines is 1. The minimum atomic E-state index is 0. The van der Waals surface area contributed by atoms with Gasteiger partial charge in [-0.15, -0.1) is 24.0 Å². The van der Waals surface area contributed by atoms with Crippen LogP contribution in [0.5, 0.6) is 0 Å². The van der Waals surface area contributed by atoms with Gasteiger partial charge in [0.05, 0.1) is 0 Å². The fourth-order valence-corrected chi connectivity index (χ4v) is 3.58. The third-order valence-corrected chi connectivity index (χ3v) is 5.02. The Kier molecular flexibility index (Phi) is 9.37. The molecule has 1 aromatic heterocycles. The second-order valence-corrected chi connectivity index (χ2v) is 7.22. The summed E-state index contributed by atoms with van der Waals surface area (Å²) < 4.78 is 0. The van der Waals surface area contributed by atoms with E-state index in [1.54, 1.807) is 0 Å². The molecule has 1 amide bonds. The van der Waals surface area contributed by atoms with Crippen LogP contribution in [0.25, 0.3) is 10.9 Å². The van der Waals surface area contributed by atoms with Crippen molar-refractivity contribution in [2.75, 3.05) is 32.7 Å². The van der Waals surface area contributed by atoms with Crippen LogP contribution in [0.2, 0.25) is 5.02 Å². The number of likely N-dealkylation sites (tertiary alicyclic amines) is 1. The summed E-state index contributed by atoms with van der Waals surface area (Å²) >= 11 is 6.12. The van der Waals surface area contributed by atoms with Crippen LogP contribution < -0.4 is 10.6 Å². The maximum Gasteiger partial charge on any atom is 0.222 e. The van der Waals surface area contributed by atoms with E-state index in [9.17, 15) is 4.79 Å². The molecule has 0 atom stereocenters. The average molecular weight is 518 g/mol. The number of nitrogens with one attached hydrogen (secondary N) is 3. The SMILES string of the molecule is CCNC(=NCCCN1CCCC1=O)NCCc1c[nH]c2ccc(Cl)cc12.I. The molecule has 3 rings (SSSR count). The fourth-order valence-electron chi connectivity index (χ4n) is 3.41. The second-order valence-electron chi connectivity index (χ2n) is 6.78. The van der Waals surface area contributed by atoms with E-state index in [1.807, 2.05) is 29.3 Å². The van der Waals surface area contributed by atoms with Gasteiger partial charge in [-0.25, -0.2) is 0 Å². The van der Waals surface area contributed by atoms with Gasteiger partial charge in [0.2, 0.25) is 5.91 Å². The summed E-state index contributed by atoms with van der Waals surface area (Å²) in [6.07, 6.45) is 5.51. The summed E-state index contributed by atoms with van der Waals surface area (Å²) in [5.41, 5.74) is 2.34. The van der Waals surface area contributed by atoms with E-state index < -0.39 is 0 Å². The normalized spacial score (nSPS) is 14.4. The predicted octanol–water partition coefficient (Wildman–Crippen LogP) is 3.55. The first-order chi connectivity index (χ1) is 13.2. The summed E-state index contributed by atoms with van der Waals surface area (Å²) in [6, 6.07) is 5.90. The zero-order chi connectivity index (χ0) is 19.1. The van der Waals surface area contributed by atoms with E-state index in [2.05, 4.69) is 27.5 Å². The molecule has 1 aliphatic heterocycles. The molecule has 8 heteroatoms. The van der Waals surface area contributed by atoms with Crippen molar-refractivity contribution in [2.24, 2.45) is 4.99 Å². The second kappa shape index (κ2) is 11.5. The molecule has 1 saturated heterocycles. The van der Waals surface area contributed by atoms with Gasteiger partial charge in [-0.05, 0) is 49.9 Å². The Morgan fingerprint density at radius 2 is 2.21 bits per heavy atom. The summed E-state index contributed by atoms with van der Waals surface area (Å²) in [7, 11) is 0. The van der Waals surface area contributed by atoms with Crippen molar-refractivity contribution < 1.29 is 4.79 Å². The number of amides is 1. The van der Waals surface area contributed by atoms with Gasteiger partial charge in [-0.1, -0.05) is 11.6 Å². The molecule has 6 nitrogen and oxygen atoms in total. The minimum Gasteiger partial charge on any atom is -0.361 e. The largest absolute Gasteiger partial charge is 0.361 e. The highest BCUT2D eigenvalue weighted by molar-refractivity contribution is 14.0. The Morgan fingerprint density at radius 3 is 2.96 bits per heavy atom. The van der Waals surface area contributed by atoms with Gasteiger partial charge < -0.3 is 20.5 Å². The summed E-state index contributed by atoms with van der Waals surface area (Å²) in [6.45, 7) is 6.08. The lowest BCUT2D eigenvalue weighted by Gasteiger charge is -2.15. The number of fused-ring (bicyclic) bond motifs is 1. The third-order valence-electron chi connectivity index (χ3n) is 4.79. The molecular formula is C20H29ClIN5O. The number of benzene rings is 1. The van der Waals surface area contributed by atoms with Crippen LogP contribution in [-0.4, -0.2) is 54.5 Å². The number of aliphatic imine (C=N–C) groups is 1. The van der Waals surface area contributed by atoms with E-state index in [0.717, 1.165) is 61.9 Å². The molecule has 0 aliphatic carbocycles. The van der Waals surface area contributed by atoms with E-state index in [1.165, 1.54) is 10.9 Å². The highest BCUT2D eigenvalue weighted by atomic mass is 127. The number of nitrogens with zero attached hydrogens (tertiary/aromatic N) is 2. The van der Waals surface area contributed by atoms with Crippen molar-refractivity contribution in [1.82, 2.24) is 20.5 Å². The van der Waals surface area contributed by atoms with Crippen molar-refractivity contribution in [2.45, 2.75) is 32.6 Å². The van der Waals surface area contributed by atoms with Crippen LogP contribution >= 0.6 is 35.6 Å². The molecule has 3 N–H and O–H groups in total. The number of halogens is 2. The Hall–Kier alpha value is -1.48. The van der Waals surface area contributed by atoms with Crippen molar-refractivity contribution in [3.05, 3.63) is 35.0 Å². The van der Waals surface area contributed by atoms with Gasteiger partial charge in [0, 0.05) is 61.3 Å². The predicted molar refractivity (Wildman–Crippen MR) is 127 cm³/mol. The first-order valence-corrected chi connectivity index (χ1v) is 10.1. The molecule has 1 aromatic carbocycles. The molecule has 1 fully saturated rings. The average Bonchev–Trinajstić information content (AvgIpc) is 3.24. The molecule has 2 heterocycles. The van der Waals surface area contributed by atoms with Gasteiger partial charge in [-0.3, -0.25) is 9.79 Å². The molecule has 0 radical (unpaired) electrons. The summed E-state index contributed by atoms with van der Waals surface area (Å²) in [4.78, 5) is 21.5. The Morgan fingerprint density at radius 1 is 1.36 bits per heavy atom.